The van der Waals surface area contributed by atoms with Crippen LogP contribution >= 0.6 is 0 Å². The molecule has 4 nitrogen and oxygen atoms in total. The highest BCUT2D eigenvalue weighted by Gasteiger charge is 2.34. The van der Waals surface area contributed by atoms with Crippen LogP contribution in [0.5, 0.6) is 0 Å². The molecule has 1 aliphatic rings. The van der Waals surface area contributed by atoms with Gasteiger partial charge in [0.2, 0.25) is 0 Å². The van der Waals surface area contributed by atoms with Crippen LogP contribution < -0.4 is 5.32 Å². The molecule has 0 aliphatic carbocycles. The number of nitrogens with one attached hydrogen (secondary N) is 2. The maximum atomic E-state index is 12.6. The highest BCUT2D eigenvalue weighted by molar-refractivity contribution is 6.03. The summed E-state index contributed by atoms with van der Waals surface area (Å²) in [5.41, 5.74) is 3.07. The lowest BCUT2D eigenvalue weighted by Gasteiger charge is -2.25. The first kappa shape index (κ1) is 15.3. The van der Waals surface area contributed by atoms with Crippen molar-refractivity contribution in [2.75, 3.05) is 5.32 Å². The number of carbonyl (C=O) groups is 1. The third-order valence-electron chi connectivity index (χ3n) is 4.27. The van der Waals surface area contributed by atoms with Crippen LogP contribution in [0.3, 0.4) is 0 Å². The van der Waals surface area contributed by atoms with Crippen molar-refractivity contribution in [1.82, 2.24) is 4.90 Å². The second kappa shape index (κ2) is 6.65. The van der Waals surface area contributed by atoms with Crippen LogP contribution in [0.15, 0.2) is 54.6 Å². The van der Waals surface area contributed by atoms with E-state index in [1.807, 2.05) is 54.6 Å². The molecule has 0 saturated carbocycles. The number of amidine groups is 1. The molecule has 2 N–H and O–H groups in total. The lowest BCUT2D eigenvalue weighted by atomic mass is 10.1. The van der Waals surface area contributed by atoms with Crippen LogP contribution in [0.2, 0.25) is 0 Å². The molecule has 0 spiro atoms. The standard InChI is InChI=1S/C19H21N3O/c1-2-14-8-10-16(11-9-14)21-19(23)22-17(12-13-18(22)20)15-6-4-3-5-7-15/h3-11,17,20H,2,12-13H2,1H3,(H,21,23). The maximum absolute atomic E-state index is 12.6. The number of carbonyl (C=O) groups excluding carboxylic acids is 1. The Morgan fingerprint density at radius 1 is 1.17 bits per heavy atom. The van der Waals surface area contributed by atoms with Gasteiger partial charge in [0.25, 0.3) is 0 Å². The van der Waals surface area contributed by atoms with Gasteiger partial charge in [0.1, 0.15) is 5.84 Å². The van der Waals surface area contributed by atoms with Gasteiger partial charge in [-0.1, -0.05) is 49.4 Å². The van der Waals surface area contributed by atoms with Gasteiger partial charge in [-0.05, 0) is 36.1 Å². The molecule has 1 fully saturated rings. The van der Waals surface area contributed by atoms with Gasteiger partial charge in [0, 0.05) is 12.1 Å². The van der Waals surface area contributed by atoms with Crippen LogP contribution in [-0.2, 0) is 6.42 Å². The van der Waals surface area contributed by atoms with E-state index in [1.54, 1.807) is 4.90 Å². The molecule has 0 radical (unpaired) electrons. The quantitative estimate of drug-likeness (QED) is 0.855. The molecule has 1 heterocycles. The van der Waals surface area contributed by atoms with Gasteiger partial charge in [0.05, 0.1) is 6.04 Å². The van der Waals surface area contributed by atoms with Crippen molar-refractivity contribution in [3.63, 3.8) is 0 Å². The Hall–Kier alpha value is -2.62. The minimum atomic E-state index is -0.231. The zero-order valence-electron chi connectivity index (χ0n) is 13.3. The predicted octanol–water partition coefficient (Wildman–Crippen LogP) is 4.60. The molecule has 0 bridgehead atoms. The van der Waals surface area contributed by atoms with E-state index in [-0.39, 0.29) is 12.1 Å². The van der Waals surface area contributed by atoms with E-state index in [9.17, 15) is 4.79 Å². The normalized spacial score (nSPS) is 17.3. The predicted molar refractivity (Wildman–Crippen MR) is 92.8 cm³/mol. The van der Waals surface area contributed by atoms with Crippen LogP contribution in [0.1, 0.15) is 36.9 Å². The summed E-state index contributed by atoms with van der Waals surface area (Å²) in [4.78, 5) is 14.2. The minimum Gasteiger partial charge on any atom is -0.307 e. The molecule has 2 aromatic carbocycles. The van der Waals surface area contributed by atoms with Crippen molar-refractivity contribution in [3.8, 4) is 0 Å². The summed E-state index contributed by atoms with van der Waals surface area (Å²) in [5.74, 6) is 0.376. The van der Waals surface area contributed by atoms with Gasteiger partial charge in [-0.3, -0.25) is 10.3 Å². The fourth-order valence-corrected chi connectivity index (χ4v) is 2.97. The van der Waals surface area contributed by atoms with E-state index >= 15 is 0 Å². The Kier molecular flexibility index (Phi) is 4.42. The Balaban J connectivity index is 1.77. The summed E-state index contributed by atoms with van der Waals surface area (Å²) in [6, 6.07) is 17.5. The molecule has 118 valence electrons. The average molecular weight is 307 g/mol. The summed E-state index contributed by atoms with van der Waals surface area (Å²) in [5, 5.41) is 11.0. The lowest BCUT2D eigenvalue weighted by Crippen LogP contribution is -2.37. The molecular formula is C19H21N3O. The fourth-order valence-electron chi connectivity index (χ4n) is 2.97. The number of likely N-dealkylation sites (tertiary alicyclic amines) is 1. The third-order valence-corrected chi connectivity index (χ3v) is 4.27. The molecule has 3 rings (SSSR count). The zero-order chi connectivity index (χ0) is 16.2. The van der Waals surface area contributed by atoms with E-state index < -0.39 is 0 Å². The van der Waals surface area contributed by atoms with E-state index in [1.165, 1.54) is 5.56 Å². The van der Waals surface area contributed by atoms with Crippen LogP contribution in [0, 0.1) is 5.41 Å². The van der Waals surface area contributed by atoms with Crippen LogP contribution in [0.4, 0.5) is 10.5 Å². The summed E-state index contributed by atoms with van der Waals surface area (Å²) in [7, 11) is 0. The van der Waals surface area contributed by atoms with E-state index in [4.69, 9.17) is 5.41 Å². The number of urea groups is 1. The van der Waals surface area contributed by atoms with Crippen molar-refractivity contribution in [1.29, 1.82) is 5.41 Å². The summed E-state index contributed by atoms with van der Waals surface area (Å²) in [6.07, 6.45) is 2.40. The van der Waals surface area contributed by atoms with E-state index in [2.05, 4.69) is 12.2 Å². The van der Waals surface area contributed by atoms with Crippen LogP contribution in [-0.4, -0.2) is 16.8 Å². The number of nitrogens with zero attached hydrogens (tertiary/aromatic N) is 1. The molecular weight excluding hydrogens is 286 g/mol. The minimum absolute atomic E-state index is 0.0568. The molecule has 1 unspecified atom stereocenters. The van der Waals surface area contributed by atoms with Gasteiger partial charge in [0.15, 0.2) is 0 Å². The molecule has 2 aromatic rings. The summed E-state index contributed by atoms with van der Waals surface area (Å²) in [6.45, 7) is 2.10. The second-order valence-electron chi connectivity index (χ2n) is 5.76. The molecule has 1 saturated heterocycles. The molecule has 1 aliphatic heterocycles. The van der Waals surface area contributed by atoms with Gasteiger partial charge >= 0.3 is 6.03 Å². The number of benzene rings is 2. The first-order valence-electron chi connectivity index (χ1n) is 8.00. The summed E-state index contributed by atoms with van der Waals surface area (Å²) >= 11 is 0. The number of hydrogen-bond acceptors (Lipinski definition) is 2. The smallest absolute Gasteiger partial charge is 0.307 e. The Morgan fingerprint density at radius 2 is 1.87 bits per heavy atom. The number of amides is 2. The Bertz CT molecular complexity index is 694. The van der Waals surface area contributed by atoms with Crippen molar-refractivity contribution in [3.05, 3.63) is 65.7 Å². The molecule has 1 atom stereocenters. The average Bonchev–Trinajstić information content (AvgIpc) is 2.98. The highest BCUT2D eigenvalue weighted by atomic mass is 16.2. The first-order chi connectivity index (χ1) is 11.2. The number of aryl methyl sites for hydroxylation is 1. The maximum Gasteiger partial charge on any atom is 0.327 e. The number of anilines is 1. The fraction of sp³-hybridized carbons (Fsp3) is 0.263. The largest absolute Gasteiger partial charge is 0.327 e. The number of hydrogen-bond donors (Lipinski definition) is 2. The van der Waals surface area contributed by atoms with Gasteiger partial charge in [-0.15, -0.1) is 0 Å². The van der Waals surface area contributed by atoms with Crippen molar-refractivity contribution in [2.24, 2.45) is 0 Å². The topological polar surface area (TPSA) is 56.2 Å². The lowest BCUT2D eigenvalue weighted by molar-refractivity contribution is 0.225. The third kappa shape index (κ3) is 3.26. The SMILES string of the molecule is CCc1ccc(NC(=O)N2C(=N)CCC2c2ccccc2)cc1. The monoisotopic (exact) mass is 307 g/mol. The zero-order valence-corrected chi connectivity index (χ0v) is 13.3. The molecule has 2 amide bonds. The van der Waals surface area contributed by atoms with Crippen molar-refractivity contribution < 1.29 is 4.79 Å². The molecule has 23 heavy (non-hydrogen) atoms. The molecule has 0 aromatic heterocycles. The Labute approximate surface area is 136 Å². The summed E-state index contributed by atoms with van der Waals surface area (Å²) < 4.78 is 0. The highest BCUT2D eigenvalue weighted by Crippen LogP contribution is 2.33. The van der Waals surface area contributed by atoms with E-state index in [0.717, 1.165) is 24.1 Å². The van der Waals surface area contributed by atoms with Gasteiger partial charge in [-0.25, -0.2) is 4.79 Å². The molecule has 4 heteroatoms. The first-order valence-corrected chi connectivity index (χ1v) is 8.00. The Morgan fingerprint density at radius 3 is 2.52 bits per heavy atom. The van der Waals surface area contributed by atoms with Crippen molar-refractivity contribution in [2.45, 2.75) is 32.2 Å². The van der Waals surface area contributed by atoms with E-state index in [0.29, 0.717) is 12.3 Å². The van der Waals surface area contributed by atoms with Gasteiger partial charge < -0.3 is 5.32 Å². The number of rotatable bonds is 3. The van der Waals surface area contributed by atoms with Crippen LogP contribution in [0.25, 0.3) is 0 Å². The van der Waals surface area contributed by atoms with Crippen molar-refractivity contribution >= 4 is 17.6 Å². The van der Waals surface area contributed by atoms with Gasteiger partial charge in [-0.2, -0.15) is 0 Å². The second-order valence-corrected chi connectivity index (χ2v) is 5.76.